The SMILES string of the molecule is CC(C)(C)[S@@](=O)/N=C/c1cc(F)cnc1Cl. The minimum absolute atomic E-state index is 0.135. The van der Waals surface area contributed by atoms with Gasteiger partial charge in [0, 0.05) is 11.8 Å². The molecule has 0 fully saturated rings. The monoisotopic (exact) mass is 262 g/mol. The van der Waals surface area contributed by atoms with Crippen LogP contribution in [0, 0.1) is 5.82 Å². The standard InChI is InChI=1S/C10H12ClFN2OS/c1-10(2,3)16(15)14-5-7-4-8(12)6-13-9(7)11/h4-6H,1-3H3/b14-5+/t16-/m1/s1. The fourth-order valence-corrected chi connectivity index (χ4v) is 1.47. The van der Waals surface area contributed by atoms with E-state index >= 15 is 0 Å². The predicted molar refractivity (Wildman–Crippen MR) is 64.7 cm³/mol. The zero-order valence-electron chi connectivity index (χ0n) is 9.20. The molecular formula is C10H12ClFN2OS. The molecule has 0 bridgehead atoms. The Kier molecular flexibility index (Phi) is 4.15. The second kappa shape index (κ2) is 5.01. The van der Waals surface area contributed by atoms with Gasteiger partial charge in [0.15, 0.2) is 0 Å². The van der Waals surface area contributed by atoms with Gasteiger partial charge in [0.2, 0.25) is 0 Å². The van der Waals surface area contributed by atoms with Crippen LogP contribution in [0.15, 0.2) is 16.7 Å². The van der Waals surface area contributed by atoms with Crippen molar-refractivity contribution in [2.45, 2.75) is 25.5 Å². The first-order valence-corrected chi connectivity index (χ1v) is 6.06. The van der Waals surface area contributed by atoms with Gasteiger partial charge in [-0.05, 0) is 26.8 Å². The number of hydrogen-bond acceptors (Lipinski definition) is 2. The third-order valence-electron chi connectivity index (χ3n) is 1.64. The summed E-state index contributed by atoms with van der Waals surface area (Å²) in [5.74, 6) is -0.507. The second-order valence-corrected chi connectivity index (χ2v) is 6.42. The average Bonchev–Trinajstić information content (AvgIpc) is 2.17. The molecule has 0 aromatic carbocycles. The van der Waals surface area contributed by atoms with Crippen molar-refractivity contribution in [3.05, 3.63) is 28.8 Å². The van der Waals surface area contributed by atoms with Crippen LogP contribution in [0.25, 0.3) is 0 Å². The van der Waals surface area contributed by atoms with Crippen molar-refractivity contribution >= 4 is 28.8 Å². The minimum Gasteiger partial charge on any atom is -0.241 e. The quantitative estimate of drug-likeness (QED) is 0.608. The molecule has 16 heavy (non-hydrogen) atoms. The van der Waals surface area contributed by atoms with E-state index in [1.54, 1.807) is 20.8 Å². The molecular weight excluding hydrogens is 251 g/mol. The van der Waals surface area contributed by atoms with Gasteiger partial charge in [0.25, 0.3) is 0 Å². The summed E-state index contributed by atoms with van der Waals surface area (Å²) in [6.45, 7) is 5.39. The van der Waals surface area contributed by atoms with Crippen LogP contribution in [-0.2, 0) is 11.0 Å². The van der Waals surface area contributed by atoms with Gasteiger partial charge in [0.1, 0.15) is 22.0 Å². The summed E-state index contributed by atoms with van der Waals surface area (Å²) in [7, 11) is -1.39. The predicted octanol–water partition coefficient (Wildman–Crippen LogP) is 2.76. The summed E-state index contributed by atoms with van der Waals surface area (Å²) >= 11 is 5.73. The molecule has 0 N–H and O–H groups in total. The molecule has 0 aliphatic heterocycles. The summed E-state index contributed by atoms with van der Waals surface area (Å²) in [4.78, 5) is 3.62. The molecule has 0 aliphatic carbocycles. The first-order valence-electron chi connectivity index (χ1n) is 4.58. The molecule has 0 saturated carbocycles. The number of pyridine rings is 1. The zero-order chi connectivity index (χ0) is 12.3. The molecule has 0 radical (unpaired) electrons. The van der Waals surface area contributed by atoms with Crippen molar-refractivity contribution in [2.75, 3.05) is 0 Å². The van der Waals surface area contributed by atoms with E-state index in [9.17, 15) is 8.60 Å². The molecule has 88 valence electrons. The highest BCUT2D eigenvalue weighted by Gasteiger charge is 2.18. The van der Waals surface area contributed by atoms with Gasteiger partial charge < -0.3 is 0 Å². The highest BCUT2D eigenvalue weighted by atomic mass is 35.5. The molecule has 0 aliphatic rings. The molecule has 1 atom stereocenters. The van der Waals surface area contributed by atoms with E-state index in [0.29, 0.717) is 5.56 Å². The van der Waals surface area contributed by atoms with Gasteiger partial charge in [-0.1, -0.05) is 11.6 Å². The van der Waals surface area contributed by atoms with Crippen LogP contribution in [0.4, 0.5) is 4.39 Å². The van der Waals surface area contributed by atoms with E-state index in [1.807, 2.05) is 0 Å². The topological polar surface area (TPSA) is 42.3 Å². The van der Waals surface area contributed by atoms with Crippen molar-refractivity contribution < 1.29 is 8.60 Å². The van der Waals surface area contributed by atoms with Crippen molar-refractivity contribution in [1.82, 2.24) is 4.98 Å². The Bertz CT molecular complexity index is 443. The maximum atomic E-state index is 12.8. The van der Waals surface area contributed by atoms with Gasteiger partial charge in [-0.25, -0.2) is 13.6 Å². The van der Waals surface area contributed by atoms with E-state index in [-0.39, 0.29) is 5.15 Å². The van der Waals surface area contributed by atoms with E-state index in [0.717, 1.165) is 6.20 Å². The third kappa shape index (κ3) is 3.64. The molecule has 1 heterocycles. The van der Waals surface area contributed by atoms with Crippen LogP contribution in [0.3, 0.4) is 0 Å². The first kappa shape index (κ1) is 13.3. The smallest absolute Gasteiger partial charge is 0.144 e. The van der Waals surface area contributed by atoms with Crippen LogP contribution in [0.5, 0.6) is 0 Å². The number of aromatic nitrogens is 1. The molecule has 1 rings (SSSR count). The number of nitrogens with zero attached hydrogens (tertiary/aromatic N) is 2. The number of hydrogen-bond donors (Lipinski definition) is 0. The Labute approximate surface area is 101 Å². The van der Waals surface area contributed by atoms with Crippen LogP contribution in [0.1, 0.15) is 26.3 Å². The minimum atomic E-state index is -1.39. The van der Waals surface area contributed by atoms with E-state index in [1.165, 1.54) is 12.3 Å². The molecule has 6 heteroatoms. The fraction of sp³-hybridized carbons (Fsp3) is 0.400. The Morgan fingerprint density at radius 1 is 1.56 bits per heavy atom. The largest absolute Gasteiger partial charge is 0.241 e. The lowest BCUT2D eigenvalue weighted by atomic mass is 10.3. The Morgan fingerprint density at radius 2 is 2.19 bits per heavy atom. The summed E-state index contributed by atoms with van der Waals surface area (Å²) in [5, 5.41) is 0.135. The van der Waals surface area contributed by atoms with E-state index < -0.39 is 21.5 Å². The highest BCUT2D eigenvalue weighted by molar-refractivity contribution is 7.85. The van der Waals surface area contributed by atoms with Crippen LogP contribution in [-0.4, -0.2) is 20.2 Å². The lowest BCUT2D eigenvalue weighted by Gasteiger charge is -2.12. The summed E-state index contributed by atoms with van der Waals surface area (Å²) in [5.41, 5.74) is 0.319. The molecule has 1 aromatic heterocycles. The first-order chi connectivity index (χ1) is 7.30. The maximum Gasteiger partial charge on any atom is 0.144 e. The number of rotatable bonds is 2. The third-order valence-corrected chi connectivity index (χ3v) is 3.30. The van der Waals surface area contributed by atoms with Crippen molar-refractivity contribution in [3.63, 3.8) is 0 Å². The van der Waals surface area contributed by atoms with Gasteiger partial charge >= 0.3 is 0 Å². The normalized spacial score (nSPS) is 14.3. The number of halogens is 2. The van der Waals surface area contributed by atoms with Gasteiger partial charge in [-0.2, -0.15) is 4.40 Å². The fourth-order valence-electron chi connectivity index (χ4n) is 0.792. The van der Waals surface area contributed by atoms with Crippen molar-refractivity contribution in [2.24, 2.45) is 4.40 Å². The summed E-state index contributed by atoms with van der Waals surface area (Å²) < 4.78 is 27.8. The van der Waals surface area contributed by atoms with Crippen LogP contribution < -0.4 is 0 Å². The molecule has 0 unspecified atom stereocenters. The molecule has 3 nitrogen and oxygen atoms in total. The Morgan fingerprint density at radius 3 is 2.75 bits per heavy atom. The van der Waals surface area contributed by atoms with Crippen LogP contribution >= 0.6 is 11.6 Å². The average molecular weight is 263 g/mol. The van der Waals surface area contributed by atoms with Gasteiger partial charge in [-0.15, -0.1) is 0 Å². The summed E-state index contributed by atoms with van der Waals surface area (Å²) in [6, 6.07) is 1.19. The summed E-state index contributed by atoms with van der Waals surface area (Å²) in [6.07, 6.45) is 2.29. The van der Waals surface area contributed by atoms with Gasteiger partial charge in [-0.3, -0.25) is 0 Å². The van der Waals surface area contributed by atoms with Gasteiger partial charge in [0.05, 0.1) is 10.9 Å². The molecule has 1 aromatic rings. The highest BCUT2D eigenvalue weighted by Crippen LogP contribution is 2.14. The van der Waals surface area contributed by atoms with E-state index in [4.69, 9.17) is 11.6 Å². The Balaban J connectivity index is 2.93. The van der Waals surface area contributed by atoms with Crippen molar-refractivity contribution in [1.29, 1.82) is 0 Å². The molecule has 0 saturated heterocycles. The van der Waals surface area contributed by atoms with Crippen LogP contribution in [0.2, 0.25) is 5.15 Å². The zero-order valence-corrected chi connectivity index (χ0v) is 10.8. The lowest BCUT2D eigenvalue weighted by Crippen LogP contribution is -2.19. The lowest BCUT2D eigenvalue weighted by molar-refractivity contribution is 0.621. The molecule has 0 amide bonds. The second-order valence-electron chi connectivity index (χ2n) is 4.13. The maximum absolute atomic E-state index is 12.8. The molecule has 0 spiro atoms. The van der Waals surface area contributed by atoms with E-state index in [2.05, 4.69) is 9.38 Å². The Hall–Kier alpha value is -0.810. The van der Waals surface area contributed by atoms with Crippen molar-refractivity contribution in [3.8, 4) is 0 Å².